The van der Waals surface area contributed by atoms with Crippen molar-refractivity contribution in [3.8, 4) is 22.3 Å². The fourth-order valence-corrected chi connectivity index (χ4v) is 12.1. The molecule has 0 aromatic heterocycles. The van der Waals surface area contributed by atoms with Crippen LogP contribution in [0.4, 0.5) is 0 Å². The van der Waals surface area contributed by atoms with Crippen LogP contribution >= 0.6 is 0 Å². The van der Waals surface area contributed by atoms with Gasteiger partial charge in [0, 0.05) is 0 Å². The average molecular weight is 531 g/mol. The second kappa shape index (κ2) is 10.4. The van der Waals surface area contributed by atoms with Crippen molar-refractivity contribution in [1.82, 2.24) is 0 Å². The van der Waals surface area contributed by atoms with Crippen LogP contribution in [0.3, 0.4) is 0 Å². The molecule has 0 radical (unpaired) electrons. The smallest absolute Gasteiger partial charge is 0.0671 e. The van der Waals surface area contributed by atoms with Crippen molar-refractivity contribution in [1.29, 1.82) is 0 Å². The SMILES string of the molecule is CC1=Cc2c(-c3ccccc3)cccc2C1[SiH](Cc1ccccc1)C1C(C)=Cc2c(-c3ccccc3)cccc21. The lowest BCUT2D eigenvalue weighted by molar-refractivity contribution is 0.978. The highest BCUT2D eigenvalue weighted by atomic mass is 28.3. The number of hydrogen-bond acceptors (Lipinski definition) is 0. The number of fused-ring (bicyclic) bond motifs is 2. The summed E-state index contributed by atoms with van der Waals surface area (Å²) in [5.74, 6) is 0. The fourth-order valence-electron chi connectivity index (χ4n) is 7.35. The van der Waals surface area contributed by atoms with Gasteiger partial charge in [-0.3, -0.25) is 0 Å². The highest BCUT2D eigenvalue weighted by molar-refractivity contribution is 6.64. The van der Waals surface area contributed by atoms with Gasteiger partial charge in [-0.2, -0.15) is 0 Å². The zero-order chi connectivity index (χ0) is 27.1. The van der Waals surface area contributed by atoms with Gasteiger partial charge in [0.15, 0.2) is 0 Å². The second-order valence-corrected chi connectivity index (χ2v) is 14.5. The van der Waals surface area contributed by atoms with E-state index in [1.54, 1.807) is 0 Å². The first-order valence-corrected chi connectivity index (χ1v) is 16.6. The third-order valence-electron chi connectivity index (χ3n) is 9.02. The molecule has 0 heterocycles. The van der Waals surface area contributed by atoms with Gasteiger partial charge in [-0.25, -0.2) is 0 Å². The molecule has 2 aliphatic carbocycles. The molecule has 5 aromatic rings. The molecule has 0 amide bonds. The molecule has 0 saturated carbocycles. The van der Waals surface area contributed by atoms with Crippen molar-refractivity contribution < 1.29 is 0 Å². The Balaban J connectivity index is 1.37. The summed E-state index contributed by atoms with van der Waals surface area (Å²) in [6, 6.07) is 48.2. The van der Waals surface area contributed by atoms with Crippen LogP contribution in [-0.4, -0.2) is 8.80 Å². The average Bonchev–Trinajstić information content (AvgIpc) is 3.52. The van der Waals surface area contributed by atoms with E-state index in [0.29, 0.717) is 11.1 Å². The molecule has 2 atom stereocenters. The maximum Gasteiger partial charge on any atom is 0.0671 e. The van der Waals surface area contributed by atoms with Crippen LogP contribution < -0.4 is 0 Å². The Morgan fingerprint density at radius 1 is 0.475 bits per heavy atom. The zero-order valence-corrected chi connectivity index (χ0v) is 24.4. The minimum absolute atomic E-state index is 0.499. The number of allylic oxidation sites excluding steroid dienone is 2. The first kappa shape index (κ1) is 24.8. The number of hydrogen-bond donors (Lipinski definition) is 0. The van der Waals surface area contributed by atoms with Crippen molar-refractivity contribution in [2.75, 3.05) is 0 Å². The Morgan fingerprint density at radius 2 is 0.900 bits per heavy atom. The summed E-state index contributed by atoms with van der Waals surface area (Å²) < 4.78 is 0. The molecule has 0 N–H and O–H groups in total. The lowest BCUT2D eigenvalue weighted by atomic mass is 9.97. The van der Waals surface area contributed by atoms with E-state index in [1.807, 2.05) is 0 Å². The second-order valence-electron chi connectivity index (χ2n) is 11.4. The van der Waals surface area contributed by atoms with Crippen LogP contribution in [0.25, 0.3) is 34.4 Å². The Bertz CT molecular complexity index is 1620. The Hall–Kier alpha value is -4.20. The topological polar surface area (TPSA) is 0 Å². The molecule has 2 unspecified atom stereocenters. The zero-order valence-electron chi connectivity index (χ0n) is 23.2. The lowest BCUT2D eigenvalue weighted by Gasteiger charge is -2.32. The van der Waals surface area contributed by atoms with Gasteiger partial charge in [0.2, 0.25) is 0 Å². The normalized spacial score (nSPS) is 18.1. The van der Waals surface area contributed by atoms with E-state index in [4.69, 9.17) is 0 Å². The number of rotatable bonds is 6. The first-order valence-electron chi connectivity index (χ1n) is 14.5. The monoisotopic (exact) mass is 530 g/mol. The van der Waals surface area contributed by atoms with Crippen LogP contribution in [0, 0.1) is 0 Å². The van der Waals surface area contributed by atoms with Crippen molar-refractivity contribution in [2.24, 2.45) is 0 Å². The van der Waals surface area contributed by atoms with Crippen LogP contribution in [-0.2, 0) is 6.04 Å². The van der Waals surface area contributed by atoms with Crippen molar-refractivity contribution in [3.63, 3.8) is 0 Å². The molecule has 0 aliphatic heterocycles. The third kappa shape index (κ3) is 4.31. The Morgan fingerprint density at radius 3 is 1.35 bits per heavy atom. The van der Waals surface area contributed by atoms with Crippen LogP contribution in [0.5, 0.6) is 0 Å². The van der Waals surface area contributed by atoms with Gasteiger partial charge < -0.3 is 0 Å². The van der Waals surface area contributed by atoms with Gasteiger partial charge in [0.05, 0.1) is 8.80 Å². The van der Waals surface area contributed by atoms with Crippen molar-refractivity contribution >= 4 is 20.9 Å². The molecule has 7 rings (SSSR count). The molecule has 0 fully saturated rings. The van der Waals surface area contributed by atoms with Crippen molar-refractivity contribution in [2.45, 2.75) is 31.0 Å². The molecular formula is C39H34Si. The molecule has 0 bridgehead atoms. The maximum absolute atomic E-state index is 2.50. The van der Waals surface area contributed by atoms with Crippen LogP contribution in [0.2, 0.25) is 0 Å². The molecule has 0 nitrogen and oxygen atoms in total. The number of benzene rings is 5. The molecule has 2 aliphatic rings. The lowest BCUT2D eigenvalue weighted by Crippen LogP contribution is -2.34. The Labute approximate surface area is 240 Å². The summed E-state index contributed by atoms with van der Waals surface area (Å²) in [5, 5.41) is 0. The Kier molecular flexibility index (Phi) is 6.46. The largest absolute Gasteiger partial charge is 0.0682 e. The molecule has 1 heteroatoms. The highest BCUT2D eigenvalue weighted by Gasteiger charge is 2.41. The summed E-state index contributed by atoms with van der Waals surface area (Å²) in [7, 11) is -1.52. The minimum atomic E-state index is -1.52. The van der Waals surface area contributed by atoms with E-state index in [0.717, 1.165) is 0 Å². The van der Waals surface area contributed by atoms with Gasteiger partial charge in [-0.15, -0.1) is 0 Å². The summed E-state index contributed by atoms with van der Waals surface area (Å²) >= 11 is 0. The molecule has 5 aromatic carbocycles. The summed E-state index contributed by atoms with van der Waals surface area (Å²) in [6.07, 6.45) is 5.01. The van der Waals surface area contributed by atoms with Crippen molar-refractivity contribution in [3.05, 3.63) is 166 Å². The van der Waals surface area contributed by atoms with E-state index in [-0.39, 0.29) is 0 Å². The van der Waals surface area contributed by atoms with Crippen LogP contribution in [0.15, 0.2) is 139 Å². The minimum Gasteiger partial charge on any atom is -0.0682 e. The quantitative estimate of drug-likeness (QED) is 0.192. The van der Waals surface area contributed by atoms with E-state index in [9.17, 15) is 0 Å². The summed E-state index contributed by atoms with van der Waals surface area (Å²) in [5.41, 5.74) is 16.8. The van der Waals surface area contributed by atoms with Gasteiger partial charge >= 0.3 is 0 Å². The predicted octanol–water partition coefficient (Wildman–Crippen LogP) is 9.81. The fraction of sp³-hybridized carbons (Fsp3) is 0.128. The van der Waals surface area contributed by atoms with Gasteiger partial charge in [-0.1, -0.05) is 156 Å². The molecule has 0 spiro atoms. The highest BCUT2D eigenvalue weighted by Crippen LogP contribution is 2.50. The van der Waals surface area contributed by atoms with E-state index >= 15 is 0 Å². The maximum atomic E-state index is 2.50. The van der Waals surface area contributed by atoms with E-state index in [1.165, 1.54) is 67.3 Å². The van der Waals surface area contributed by atoms with Gasteiger partial charge in [-0.05, 0) is 75.5 Å². The van der Waals surface area contributed by atoms with E-state index < -0.39 is 8.80 Å². The predicted molar refractivity (Wildman–Crippen MR) is 174 cm³/mol. The third-order valence-corrected chi connectivity index (χ3v) is 13.4. The summed E-state index contributed by atoms with van der Waals surface area (Å²) in [4.78, 5) is 0. The molecule has 0 saturated heterocycles. The van der Waals surface area contributed by atoms with E-state index in [2.05, 4.69) is 153 Å². The van der Waals surface area contributed by atoms with Gasteiger partial charge in [0.1, 0.15) is 0 Å². The van der Waals surface area contributed by atoms with Crippen LogP contribution in [0.1, 0.15) is 52.7 Å². The summed E-state index contributed by atoms with van der Waals surface area (Å²) in [6.45, 7) is 4.78. The molecular weight excluding hydrogens is 497 g/mol. The first-order chi connectivity index (χ1) is 19.7. The van der Waals surface area contributed by atoms with Gasteiger partial charge in [0.25, 0.3) is 0 Å². The molecule has 40 heavy (non-hydrogen) atoms. The standard InChI is InChI=1S/C39H34Si/c1-27-24-36-32(30-16-8-4-9-17-30)20-12-22-34(36)38(27)40(26-29-14-6-3-7-15-29)39-28(2)25-37-33(21-13-23-35(37)39)31-18-10-5-11-19-31/h3-25,38-40H,26H2,1-2H3. The molecule has 194 valence electrons.